The van der Waals surface area contributed by atoms with Crippen molar-refractivity contribution < 1.29 is 112 Å². The third kappa shape index (κ3) is 7.67. The molecule has 54 heavy (non-hydrogen) atoms. The van der Waals surface area contributed by atoms with Gasteiger partial charge in [0, 0.05) is 63.5 Å². The standard InChI is InChI=1S/C34H35FN6O11.2Na/c1-3-39-15-21(27(43)20-12-22(35)24(13-23(20)39)40-10-8-36-9-11-40)28(44)37-14-18-16-52-33-34(51-2,32(50)41(33)26(18)31(48)49)38-29(45)25(30(46)47)17-4-6-19(42)7-5-17;;/h4-7,12-13,15,25,33,36,42H,3,8-11,14,16H2,1-2H3,(H,37,44)(H,38,45)(H,46,47)(H,48,49);;/q;2*+1/p-2/t25?,33-,34+;;/m1../s1. The van der Waals surface area contributed by atoms with Crippen LogP contribution in [0.1, 0.15) is 28.8 Å². The number of carbonyl (C=O) groups excluding carboxylic acids is 5. The van der Waals surface area contributed by atoms with Gasteiger partial charge in [-0.15, -0.1) is 0 Å². The van der Waals surface area contributed by atoms with Crippen molar-refractivity contribution >= 4 is 46.3 Å². The van der Waals surface area contributed by atoms with E-state index in [-0.39, 0.29) is 87.0 Å². The molecule has 0 bridgehead atoms. The number of methoxy groups -OCH3 is 1. The predicted molar refractivity (Wildman–Crippen MR) is 174 cm³/mol. The van der Waals surface area contributed by atoms with E-state index in [0.717, 1.165) is 37.4 Å². The van der Waals surface area contributed by atoms with E-state index >= 15 is 4.39 Å². The number of carbonyl (C=O) groups is 5. The fraction of sp³-hybridized carbons (Fsp3) is 0.353. The van der Waals surface area contributed by atoms with Gasteiger partial charge in [-0.2, -0.15) is 0 Å². The van der Waals surface area contributed by atoms with Crippen LogP contribution in [0.2, 0.25) is 0 Å². The van der Waals surface area contributed by atoms with E-state index in [1.165, 1.54) is 6.20 Å². The molecular weight excluding hydrogens is 733 g/mol. The van der Waals surface area contributed by atoms with Crippen molar-refractivity contribution in [3.05, 3.63) is 81.0 Å². The molecule has 3 aliphatic heterocycles. The van der Waals surface area contributed by atoms with E-state index < -0.39 is 77.6 Å². The Morgan fingerprint density at radius 2 is 1.78 bits per heavy atom. The first-order valence-electron chi connectivity index (χ1n) is 16.2. The molecule has 4 N–H and O–H groups in total. The molecule has 0 saturated carbocycles. The molecule has 17 nitrogen and oxygen atoms in total. The first-order valence-corrected chi connectivity index (χ1v) is 16.2. The van der Waals surface area contributed by atoms with Crippen LogP contribution in [0, 0.1) is 5.82 Å². The van der Waals surface area contributed by atoms with Crippen LogP contribution < -0.4 is 95.6 Å². The van der Waals surface area contributed by atoms with Crippen LogP contribution in [-0.2, 0) is 35.2 Å². The fourth-order valence-electron chi connectivity index (χ4n) is 6.64. The van der Waals surface area contributed by atoms with Gasteiger partial charge in [0.15, 0.2) is 6.23 Å². The fourth-order valence-corrected chi connectivity index (χ4v) is 6.64. The second-order valence-corrected chi connectivity index (χ2v) is 12.2. The monoisotopic (exact) mass is 766 g/mol. The molecule has 0 radical (unpaired) electrons. The number of carboxylic acids is 2. The van der Waals surface area contributed by atoms with Gasteiger partial charge in [-0.3, -0.25) is 24.1 Å². The van der Waals surface area contributed by atoms with E-state index in [1.807, 2.05) is 4.90 Å². The predicted octanol–water partition coefficient (Wildman–Crippen LogP) is -8.79. The number of fused-ring (bicyclic) bond motifs is 2. The maximum absolute atomic E-state index is 15.3. The normalized spacial score (nSPS) is 19.8. The molecule has 0 spiro atoms. The number of aryl methyl sites for hydroxylation is 1. The molecule has 20 heteroatoms. The van der Waals surface area contributed by atoms with E-state index in [1.54, 1.807) is 17.6 Å². The number of carboxylic acid groups (broad SMARTS) is 2. The van der Waals surface area contributed by atoms with Crippen molar-refractivity contribution in [1.29, 1.82) is 0 Å². The number of piperazine rings is 1. The third-order valence-corrected chi connectivity index (χ3v) is 9.31. The first-order chi connectivity index (χ1) is 24.8. The number of hydrogen-bond donors (Lipinski definition) is 4. The Balaban J connectivity index is 0.00000325. The molecular formula is C34H33FN6Na2O11. The summed E-state index contributed by atoms with van der Waals surface area (Å²) in [4.78, 5) is 80.3. The maximum Gasteiger partial charge on any atom is 1.00 e. The summed E-state index contributed by atoms with van der Waals surface area (Å²) in [6, 6.07) is 7.29. The van der Waals surface area contributed by atoms with Crippen molar-refractivity contribution in [1.82, 2.24) is 25.4 Å². The number of benzene rings is 2. The van der Waals surface area contributed by atoms with Crippen molar-refractivity contribution in [2.75, 3.05) is 51.3 Å². The Hall–Kier alpha value is -3.85. The summed E-state index contributed by atoms with van der Waals surface area (Å²) in [6.45, 7) is 3.53. The Morgan fingerprint density at radius 1 is 1.11 bits per heavy atom. The van der Waals surface area contributed by atoms with Crippen LogP contribution in [0.3, 0.4) is 0 Å². The van der Waals surface area contributed by atoms with Crippen LogP contribution in [-0.4, -0.2) is 103 Å². The Labute approximate surface area is 351 Å². The Kier molecular flexibility index (Phi) is 13.7. The van der Waals surface area contributed by atoms with E-state index in [0.29, 0.717) is 48.8 Å². The van der Waals surface area contributed by atoms with Gasteiger partial charge in [0.2, 0.25) is 11.3 Å². The topological polar surface area (TPSA) is 235 Å². The van der Waals surface area contributed by atoms with Gasteiger partial charge in [0.1, 0.15) is 23.0 Å². The smallest absolute Gasteiger partial charge is 0.549 e. The summed E-state index contributed by atoms with van der Waals surface area (Å²) in [5, 5.41) is 41.6. The number of phenols is 1. The summed E-state index contributed by atoms with van der Waals surface area (Å²) >= 11 is 0. The van der Waals surface area contributed by atoms with Crippen LogP contribution >= 0.6 is 0 Å². The van der Waals surface area contributed by atoms with Gasteiger partial charge >= 0.3 is 59.1 Å². The molecule has 274 valence electrons. The molecule has 0 aliphatic carbocycles. The molecule has 2 aromatic carbocycles. The largest absolute Gasteiger partial charge is 1.00 e. The zero-order chi connectivity index (χ0) is 37.5. The molecule has 3 atom stereocenters. The summed E-state index contributed by atoms with van der Waals surface area (Å²) in [6.07, 6.45) is -0.269. The van der Waals surface area contributed by atoms with Crippen molar-refractivity contribution in [3.63, 3.8) is 0 Å². The number of phenolic OH excluding ortho intramolecular Hbond substituents is 1. The number of hydrogen-bond acceptors (Lipinski definition) is 13. The van der Waals surface area contributed by atoms with Crippen molar-refractivity contribution in [2.45, 2.75) is 31.3 Å². The number of rotatable bonds is 11. The zero-order valence-electron chi connectivity index (χ0n) is 29.9. The molecule has 1 unspecified atom stereocenters. The number of ether oxygens (including phenoxy) is 2. The number of β-lactam (4-membered cyclic amide) rings is 1. The van der Waals surface area contributed by atoms with Crippen LogP contribution in [0.5, 0.6) is 5.75 Å². The maximum atomic E-state index is 15.3. The number of pyridine rings is 1. The van der Waals surface area contributed by atoms with Crippen LogP contribution in [0.25, 0.3) is 10.9 Å². The van der Waals surface area contributed by atoms with Crippen molar-refractivity contribution in [3.8, 4) is 5.75 Å². The van der Waals surface area contributed by atoms with Gasteiger partial charge in [-0.25, -0.2) is 4.39 Å². The van der Waals surface area contributed by atoms with Gasteiger partial charge in [0.05, 0.1) is 35.4 Å². The average Bonchev–Trinajstić information content (AvgIpc) is 3.13. The minimum absolute atomic E-state index is 0. The van der Waals surface area contributed by atoms with Gasteiger partial charge in [-0.1, -0.05) is 12.1 Å². The van der Waals surface area contributed by atoms with Gasteiger partial charge in [-0.05, 0) is 36.8 Å². The number of nitrogens with one attached hydrogen (secondary N) is 3. The quantitative estimate of drug-likeness (QED) is 0.0616. The Bertz CT molecular complexity index is 2090. The number of amides is 3. The molecule has 2 saturated heterocycles. The summed E-state index contributed by atoms with van der Waals surface area (Å²) in [5.74, 6) is -9.78. The summed E-state index contributed by atoms with van der Waals surface area (Å²) < 4.78 is 27.9. The first kappa shape index (κ1) is 42.9. The number of halogens is 1. The number of aliphatic carboxylic acids is 2. The molecule has 4 heterocycles. The van der Waals surface area contributed by atoms with Crippen molar-refractivity contribution in [2.24, 2.45) is 0 Å². The van der Waals surface area contributed by atoms with E-state index in [2.05, 4.69) is 16.0 Å². The van der Waals surface area contributed by atoms with Gasteiger partial charge in [0.25, 0.3) is 17.5 Å². The SMILES string of the molecule is CCn1cc(C(=O)NCC2=C(C(=O)[O-])N3C(=O)[C@](NC(=O)C(C(=O)[O-])c4ccc(O)cc4)(OC)[C@H]3OC2)c(=O)c2cc(F)c(N3CCNCC3)cc21.[Na+].[Na+]. The minimum atomic E-state index is -2.35. The van der Waals surface area contributed by atoms with E-state index in [9.17, 15) is 44.1 Å². The minimum Gasteiger partial charge on any atom is -0.549 e. The average molecular weight is 767 g/mol. The van der Waals surface area contributed by atoms with Crippen LogP contribution in [0.15, 0.2) is 58.7 Å². The van der Waals surface area contributed by atoms with E-state index in [4.69, 9.17) is 9.47 Å². The molecule has 2 fully saturated rings. The molecule has 3 aliphatic rings. The number of nitrogens with zero attached hydrogens (tertiary/aromatic N) is 3. The molecule has 3 amide bonds. The molecule has 1 aromatic heterocycles. The molecule has 6 rings (SSSR count). The second kappa shape index (κ2) is 17.3. The molecule has 3 aromatic rings. The number of aromatic nitrogens is 1. The zero-order valence-corrected chi connectivity index (χ0v) is 33.9. The summed E-state index contributed by atoms with van der Waals surface area (Å²) in [5.41, 5.74) is -3.63. The summed E-state index contributed by atoms with van der Waals surface area (Å²) in [7, 11) is 1.01. The third-order valence-electron chi connectivity index (χ3n) is 9.31. The van der Waals surface area contributed by atoms with Gasteiger partial charge < -0.3 is 59.8 Å². The number of aromatic hydroxyl groups is 1. The second-order valence-electron chi connectivity index (χ2n) is 12.2. The number of anilines is 1. The van der Waals surface area contributed by atoms with Crippen LogP contribution in [0.4, 0.5) is 10.1 Å². The Morgan fingerprint density at radius 3 is 2.37 bits per heavy atom.